The SMILES string of the molecule is CCN(CC)CC(=O)Nc1c(C)cccc1C.c1c[nH]cn1. The van der Waals surface area contributed by atoms with Crippen molar-refractivity contribution < 1.29 is 4.79 Å². The summed E-state index contributed by atoms with van der Waals surface area (Å²) in [6.07, 6.45) is 5.08. The summed E-state index contributed by atoms with van der Waals surface area (Å²) in [4.78, 5) is 20.4. The van der Waals surface area contributed by atoms with Crippen LogP contribution in [0.3, 0.4) is 0 Å². The first kappa shape index (κ1) is 17.9. The molecule has 0 aliphatic heterocycles. The van der Waals surface area contributed by atoms with E-state index in [0.717, 1.165) is 29.9 Å². The van der Waals surface area contributed by atoms with Gasteiger partial charge in [0, 0.05) is 18.1 Å². The van der Waals surface area contributed by atoms with Gasteiger partial charge >= 0.3 is 0 Å². The molecule has 0 fully saturated rings. The number of benzene rings is 1. The lowest BCUT2D eigenvalue weighted by atomic mass is 10.1. The summed E-state index contributed by atoms with van der Waals surface area (Å²) in [5, 5.41) is 3.00. The van der Waals surface area contributed by atoms with E-state index in [2.05, 4.69) is 34.0 Å². The van der Waals surface area contributed by atoms with Gasteiger partial charge in [-0.15, -0.1) is 0 Å². The maximum absolute atomic E-state index is 11.9. The Bertz CT molecular complexity index is 510. The van der Waals surface area contributed by atoms with Crippen molar-refractivity contribution in [3.8, 4) is 0 Å². The minimum atomic E-state index is 0.0612. The number of aromatic amines is 1. The van der Waals surface area contributed by atoms with E-state index in [-0.39, 0.29) is 5.91 Å². The Balaban J connectivity index is 0.000000406. The number of H-pyrrole nitrogens is 1. The Morgan fingerprint density at radius 2 is 1.86 bits per heavy atom. The molecular formula is C17H26N4O. The third kappa shape index (κ3) is 6.10. The van der Waals surface area contributed by atoms with E-state index in [1.54, 1.807) is 18.7 Å². The summed E-state index contributed by atoms with van der Waals surface area (Å²) in [5.41, 5.74) is 3.17. The van der Waals surface area contributed by atoms with Crippen molar-refractivity contribution in [2.24, 2.45) is 0 Å². The Kier molecular flexibility index (Phi) is 7.92. The van der Waals surface area contributed by atoms with Gasteiger partial charge in [0.1, 0.15) is 0 Å². The predicted octanol–water partition coefficient (Wildman–Crippen LogP) is 2.99. The van der Waals surface area contributed by atoms with Gasteiger partial charge in [-0.05, 0) is 38.1 Å². The molecule has 0 atom stereocenters. The fourth-order valence-electron chi connectivity index (χ4n) is 2.06. The second kappa shape index (κ2) is 9.73. The fourth-order valence-corrected chi connectivity index (χ4v) is 2.06. The minimum Gasteiger partial charge on any atom is -0.351 e. The number of nitrogens with one attached hydrogen (secondary N) is 2. The van der Waals surface area contributed by atoms with Gasteiger partial charge in [0.05, 0.1) is 12.9 Å². The van der Waals surface area contributed by atoms with Crippen molar-refractivity contribution >= 4 is 11.6 Å². The number of anilines is 1. The number of para-hydroxylation sites is 1. The molecule has 0 aliphatic carbocycles. The van der Waals surface area contributed by atoms with E-state index in [4.69, 9.17) is 0 Å². The highest BCUT2D eigenvalue weighted by Gasteiger charge is 2.09. The number of aryl methyl sites for hydroxylation is 2. The van der Waals surface area contributed by atoms with E-state index in [1.807, 2.05) is 32.0 Å². The number of carbonyl (C=O) groups excluding carboxylic acids is 1. The van der Waals surface area contributed by atoms with Gasteiger partial charge in [0.25, 0.3) is 0 Å². The maximum Gasteiger partial charge on any atom is 0.238 e. The smallest absolute Gasteiger partial charge is 0.238 e. The molecular weight excluding hydrogens is 276 g/mol. The molecule has 5 nitrogen and oxygen atoms in total. The molecule has 22 heavy (non-hydrogen) atoms. The van der Waals surface area contributed by atoms with Gasteiger partial charge in [-0.1, -0.05) is 32.0 Å². The standard InChI is InChI=1S/C14H22N2O.C3H4N2/c1-5-16(6-2)10-13(17)15-14-11(3)8-7-9-12(14)4;1-2-5-3-4-1/h7-9H,5-6,10H2,1-4H3,(H,15,17);1-3H,(H,4,5). The average Bonchev–Trinajstić information content (AvgIpc) is 3.08. The Labute approximate surface area is 132 Å². The van der Waals surface area contributed by atoms with E-state index in [9.17, 15) is 4.79 Å². The summed E-state index contributed by atoms with van der Waals surface area (Å²) >= 11 is 0. The Hall–Kier alpha value is -2.14. The minimum absolute atomic E-state index is 0.0612. The van der Waals surface area contributed by atoms with Gasteiger partial charge in [-0.2, -0.15) is 0 Å². The number of aromatic nitrogens is 2. The zero-order valence-electron chi connectivity index (χ0n) is 13.9. The van der Waals surface area contributed by atoms with Crippen LogP contribution in [0.1, 0.15) is 25.0 Å². The van der Waals surface area contributed by atoms with E-state index in [0.29, 0.717) is 6.54 Å². The highest BCUT2D eigenvalue weighted by molar-refractivity contribution is 5.93. The lowest BCUT2D eigenvalue weighted by molar-refractivity contribution is -0.117. The summed E-state index contributed by atoms with van der Waals surface area (Å²) < 4.78 is 0. The number of likely N-dealkylation sites (N-methyl/N-ethyl adjacent to an activating group) is 1. The number of amides is 1. The van der Waals surface area contributed by atoms with Crippen LogP contribution < -0.4 is 5.32 Å². The van der Waals surface area contributed by atoms with Gasteiger partial charge < -0.3 is 10.3 Å². The zero-order chi connectivity index (χ0) is 16.4. The van der Waals surface area contributed by atoms with E-state index in [1.165, 1.54) is 0 Å². The molecule has 1 amide bonds. The first-order valence-electron chi connectivity index (χ1n) is 7.59. The van der Waals surface area contributed by atoms with Crippen molar-refractivity contribution in [3.05, 3.63) is 48.0 Å². The average molecular weight is 302 g/mol. The maximum atomic E-state index is 11.9. The molecule has 120 valence electrons. The Morgan fingerprint density at radius 1 is 1.23 bits per heavy atom. The molecule has 2 N–H and O–H groups in total. The number of carbonyl (C=O) groups is 1. The molecule has 0 unspecified atom stereocenters. The molecule has 0 aliphatic rings. The molecule has 1 heterocycles. The molecule has 0 saturated heterocycles. The number of hydrogen-bond acceptors (Lipinski definition) is 3. The number of hydrogen-bond donors (Lipinski definition) is 2. The zero-order valence-corrected chi connectivity index (χ0v) is 13.9. The molecule has 0 bridgehead atoms. The molecule has 0 saturated carbocycles. The monoisotopic (exact) mass is 302 g/mol. The molecule has 0 radical (unpaired) electrons. The topological polar surface area (TPSA) is 61.0 Å². The van der Waals surface area contributed by atoms with Crippen LogP contribution in [0.25, 0.3) is 0 Å². The van der Waals surface area contributed by atoms with Crippen LogP contribution in [0.4, 0.5) is 5.69 Å². The van der Waals surface area contributed by atoms with Crippen LogP contribution in [0.15, 0.2) is 36.9 Å². The van der Waals surface area contributed by atoms with Crippen LogP contribution in [0.2, 0.25) is 0 Å². The van der Waals surface area contributed by atoms with Crippen LogP contribution in [0.5, 0.6) is 0 Å². The second-order valence-corrected chi connectivity index (χ2v) is 5.04. The van der Waals surface area contributed by atoms with Gasteiger partial charge in [-0.3, -0.25) is 9.69 Å². The van der Waals surface area contributed by atoms with Crippen LogP contribution in [-0.2, 0) is 4.79 Å². The van der Waals surface area contributed by atoms with Crippen LogP contribution in [-0.4, -0.2) is 40.4 Å². The largest absolute Gasteiger partial charge is 0.351 e. The molecule has 5 heteroatoms. The molecule has 2 rings (SSSR count). The lowest BCUT2D eigenvalue weighted by Gasteiger charge is -2.18. The van der Waals surface area contributed by atoms with Crippen molar-refractivity contribution in [3.63, 3.8) is 0 Å². The Morgan fingerprint density at radius 3 is 2.27 bits per heavy atom. The first-order valence-corrected chi connectivity index (χ1v) is 7.59. The highest BCUT2D eigenvalue weighted by Crippen LogP contribution is 2.19. The lowest BCUT2D eigenvalue weighted by Crippen LogP contribution is -2.33. The normalized spacial score (nSPS) is 10.0. The number of rotatable bonds is 5. The highest BCUT2D eigenvalue weighted by atomic mass is 16.2. The molecule has 0 spiro atoms. The number of imidazole rings is 1. The summed E-state index contributed by atoms with van der Waals surface area (Å²) in [7, 11) is 0. The van der Waals surface area contributed by atoms with Crippen molar-refractivity contribution in [1.29, 1.82) is 0 Å². The van der Waals surface area contributed by atoms with Crippen molar-refractivity contribution in [1.82, 2.24) is 14.9 Å². The number of nitrogens with zero attached hydrogens (tertiary/aromatic N) is 2. The summed E-state index contributed by atoms with van der Waals surface area (Å²) in [5.74, 6) is 0.0612. The van der Waals surface area contributed by atoms with Gasteiger partial charge in [-0.25, -0.2) is 4.98 Å². The summed E-state index contributed by atoms with van der Waals surface area (Å²) in [6.45, 7) is 10.4. The van der Waals surface area contributed by atoms with E-state index >= 15 is 0 Å². The molecule has 2 aromatic rings. The van der Waals surface area contributed by atoms with Crippen LogP contribution >= 0.6 is 0 Å². The third-order valence-corrected chi connectivity index (χ3v) is 3.41. The first-order chi connectivity index (χ1) is 10.6. The van der Waals surface area contributed by atoms with Gasteiger partial charge in [0.2, 0.25) is 5.91 Å². The third-order valence-electron chi connectivity index (χ3n) is 3.41. The van der Waals surface area contributed by atoms with E-state index < -0.39 is 0 Å². The van der Waals surface area contributed by atoms with Crippen molar-refractivity contribution in [2.75, 3.05) is 25.0 Å². The quantitative estimate of drug-likeness (QED) is 0.892. The van der Waals surface area contributed by atoms with Gasteiger partial charge in [0.15, 0.2) is 0 Å². The van der Waals surface area contributed by atoms with Crippen molar-refractivity contribution in [2.45, 2.75) is 27.7 Å². The molecule has 1 aromatic carbocycles. The van der Waals surface area contributed by atoms with Crippen LogP contribution in [0, 0.1) is 13.8 Å². The predicted molar refractivity (Wildman–Crippen MR) is 90.9 cm³/mol. The summed E-state index contributed by atoms with van der Waals surface area (Å²) in [6, 6.07) is 6.03. The second-order valence-electron chi connectivity index (χ2n) is 5.04. The fraction of sp³-hybridized carbons (Fsp3) is 0.412. The molecule has 1 aromatic heterocycles.